The van der Waals surface area contributed by atoms with Crippen LogP contribution in [0.3, 0.4) is 0 Å². The van der Waals surface area contributed by atoms with Gasteiger partial charge in [-0.15, -0.1) is 0 Å². The number of hydroxylamine groups is 2. The van der Waals surface area contributed by atoms with E-state index >= 15 is 0 Å². The summed E-state index contributed by atoms with van der Waals surface area (Å²) in [7, 11) is 0. The molecule has 1 unspecified atom stereocenters. The van der Waals surface area contributed by atoms with Gasteiger partial charge in [-0.1, -0.05) is 36.4 Å². The van der Waals surface area contributed by atoms with Crippen LogP contribution in [-0.4, -0.2) is 58.0 Å². The van der Waals surface area contributed by atoms with Gasteiger partial charge in [0.15, 0.2) is 0 Å². The van der Waals surface area contributed by atoms with E-state index in [0.717, 1.165) is 16.7 Å². The largest absolute Gasteiger partial charge is 0.491 e. The molecule has 31 heavy (non-hydrogen) atoms. The molecule has 2 heterocycles. The number of aliphatic hydroxyl groups excluding tert-OH is 2. The lowest BCUT2D eigenvalue weighted by atomic mass is 9.89. The Labute approximate surface area is 179 Å². The summed E-state index contributed by atoms with van der Waals surface area (Å²) < 4.78 is 5.58. The smallest absolute Gasteiger partial charge is 0.345 e. The van der Waals surface area contributed by atoms with Gasteiger partial charge < -0.3 is 25.6 Å². The van der Waals surface area contributed by atoms with Crippen molar-refractivity contribution >= 4 is 11.9 Å². The lowest BCUT2D eigenvalue weighted by Crippen LogP contribution is -2.36. The van der Waals surface area contributed by atoms with Crippen LogP contribution < -0.4 is 10.5 Å². The van der Waals surface area contributed by atoms with Crippen molar-refractivity contribution in [3.63, 3.8) is 0 Å². The highest BCUT2D eigenvalue weighted by atomic mass is 16.7. The second-order valence-corrected chi connectivity index (χ2v) is 7.66. The lowest BCUT2D eigenvalue weighted by Gasteiger charge is -2.32. The Morgan fingerprint density at radius 2 is 1.97 bits per heavy atom. The number of hydrogen-bond acceptors (Lipinski definition) is 6. The molecule has 2 bridgehead atoms. The maximum Gasteiger partial charge on any atom is 0.345 e. The van der Waals surface area contributed by atoms with Crippen molar-refractivity contribution in [2.45, 2.75) is 31.2 Å². The molecule has 164 valence electrons. The maximum absolute atomic E-state index is 13.1. The van der Waals surface area contributed by atoms with E-state index < -0.39 is 24.7 Å². The first kappa shape index (κ1) is 21.1. The third-order valence-corrected chi connectivity index (χ3v) is 5.50. The van der Waals surface area contributed by atoms with Crippen molar-refractivity contribution in [3.8, 4) is 5.75 Å². The van der Waals surface area contributed by atoms with E-state index in [0.29, 0.717) is 12.3 Å². The van der Waals surface area contributed by atoms with Crippen LogP contribution in [0.15, 0.2) is 48.5 Å². The highest BCUT2D eigenvalue weighted by Crippen LogP contribution is 2.46. The fraction of sp³-hybridized carbons (Fsp3) is 0.364. The Bertz CT molecular complexity index is 954. The number of nitrogens with two attached hydrogens (primary N) is 1. The van der Waals surface area contributed by atoms with Gasteiger partial charge in [-0.3, -0.25) is 9.63 Å². The molecule has 2 aliphatic rings. The molecule has 0 saturated carbocycles. The fourth-order valence-corrected chi connectivity index (χ4v) is 4.01. The zero-order chi connectivity index (χ0) is 22.0. The van der Waals surface area contributed by atoms with Crippen LogP contribution in [0.5, 0.6) is 5.75 Å². The molecular weight excluding hydrogens is 402 g/mol. The minimum atomic E-state index is -0.993. The van der Waals surface area contributed by atoms with Crippen LogP contribution in [-0.2, 0) is 16.2 Å². The summed E-state index contributed by atoms with van der Waals surface area (Å²) >= 11 is 0. The molecule has 2 aromatic rings. The molecule has 0 radical (unpaired) electrons. The number of fused-ring (bicyclic) bond motifs is 4. The third kappa shape index (κ3) is 4.34. The molecule has 2 aromatic carbocycles. The SMILES string of the molecule is NC(=O)C[C@H]1c2ccc(OCC(O)CO)cc2[C@@H]2CN1C(=O)N2OCc1ccccc1. The number of aliphatic hydroxyl groups is 2. The number of ether oxygens (including phenoxy) is 1. The van der Waals surface area contributed by atoms with E-state index in [-0.39, 0.29) is 31.7 Å². The molecule has 3 atom stereocenters. The predicted molar refractivity (Wildman–Crippen MR) is 109 cm³/mol. The standard InChI is InChI=1S/C22H25N3O6/c23-21(28)9-19-17-7-6-16(30-13-15(27)11-26)8-18(17)20-10-24(19)22(29)25(20)31-12-14-4-2-1-3-5-14/h1-8,15,19-20,26-27H,9-13H2,(H2,23,28)/t15?,19-,20-/m0/s1. The fourth-order valence-electron chi connectivity index (χ4n) is 4.01. The number of hydrogen-bond donors (Lipinski definition) is 3. The zero-order valence-corrected chi connectivity index (χ0v) is 16.9. The molecule has 0 aromatic heterocycles. The van der Waals surface area contributed by atoms with E-state index in [9.17, 15) is 14.7 Å². The van der Waals surface area contributed by atoms with Crippen LogP contribution >= 0.6 is 0 Å². The molecule has 1 fully saturated rings. The van der Waals surface area contributed by atoms with Crippen molar-refractivity contribution < 1.29 is 29.4 Å². The van der Waals surface area contributed by atoms with Gasteiger partial charge in [-0.25, -0.2) is 4.79 Å². The third-order valence-electron chi connectivity index (χ3n) is 5.50. The monoisotopic (exact) mass is 427 g/mol. The first-order valence-electron chi connectivity index (χ1n) is 10.1. The molecule has 1 saturated heterocycles. The molecule has 2 aliphatic heterocycles. The Kier molecular flexibility index (Phi) is 6.08. The number of rotatable bonds is 9. The van der Waals surface area contributed by atoms with E-state index in [1.165, 1.54) is 5.06 Å². The minimum Gasteiger partial charge on any atom is -0.491 e. The van der Waals surface area contributed by atoms with E-state index in [4.69, 9.17) is 20.4 Å². The summed E-state index contributed by atoms with van der Waals surface area (Å²) in [5.41, 5.74) is 7.99. The number of carbonyl (C=O) groups excluding carboxylic acids is 2. The van der Waals surface area contributed by atoms with Gasteiger partial charge in [-0.05, 0) is 28.8 Å². The quantitative estimate of drug-likeness (QED) is 0.553. The number of urea groups is 1. The van der Waals surface area contributed by atoms with Gasteiger partial charge in [0, 0.05) is 0 Å². The van der Waals surface area contributed by atoms with Crippen LogP contribution in [0.2, 0.25) is 0 Å². The Morgan fingerprint density at radius 3 is 2.68 bits per heavy atom. The van der Waals surface area contributed by atoms with E-state index in [1.54, 1.807) is 23.1 Å². The summed E-state index contributed by atoms with van der Waals surface area (Å²) in [6.45, 7) is 0.121. The average Bonchev–Trinajstić information content (AvgIpc) is 3.06. The number of carbonyl (C=O) groups is 2. The summed E-state index contributed by atoms with van der Waals surface area (Å²) in [4.78, 5) is 32.3. The Morgan fingerprint density at radius 1 is 1.19 bits per heavy atom. The van der Waals surface area contributed by atoms with Gasteiger partial charge in [0.25, 0.3) is 0 Å². The van der Waals surface area contributed by atoms with E-state index in [1.807, 2.05) is 30.3 Å². The summed E-state index contributed by atoms with van der Waals surface area (Å²) in [6, 6.07) is 13.6. The second-order valence-electron chi connectivity index (χ2n) is 7.66. The molecule has 9 nitrogen and oxygen atoms in total. The van der Waals surface area contributed by atoms with Crippen molar-refractivity contribution in [1.82, 2.24) is 9.96 Å². The molecule has 4 N–H and O–H groups in total. The second kappa shape index (κ2) is 8.93. The van der Waals surface area contributed by atoms with Crippen molar-refractivity contribution in [2.24, 2.45) is 5.73 Å². The van der Waals surface area contributed by atoms with Gasteiger partial charge in [0.1, 0.15) is 31.1 Å². The summed E-state index contributed by atoms with van der Waals surface area (Å²) in [5.74, 6) is -0.0165. The highest BCUT2D eigenvalue weighted by molar-refractivity contribution is 5.81. The summed E-state index contributed by atoms with van der Waals surface area (Å²) in [6.07, 6.45) is -0.991. The Hall–Kier alpha value is -3.14. The highest BCUT2D eigenvalue weighted by Gasteiger charge is 2.49. The molecule has 4 rings (SSSR count). The molecule has 9 heteroatoms. The number of amides is 3. The van der Waals surface area contributed by atoms with Gasteiger partial charge >= 0.3 is 6.03 Å². The minimum absolute atomic E-state index is 0.00140. The van der Waals surface area contributed by atoms with Gasteiger partial charge in [-0.2, -0.15) is 5.06 Å². The summed E-state index contributed by atoms with van der Waals surface area (Å²) in [5, 5.41) is 19.9. The molecule has 3 amide bonds. The van der Waals surface area contributed by atoms with Crippen LogP contribution in [0, 0.1) is 0 Å². The first-order valence-corrected chi connectivity index (χ1v) is 10.1. The molecular formula is C22H25N3O6. The normalized spacial score (nSPS) is 20.5. The van der Waals surface area contributed by atoms with Crippen molar-refractivity contribution in [1.29, 1.82) is 0 Å². The first-order chi connectivity index (χ1) is 15.0. The van der Waals surface area contributed by atoms with Crippen molar-refractivity contribution in [2.75, 3.05) is 19.8 Å². The van der Waals surface area contributed by atoms with Gasteiger partial charge in [0.2, 0.25) is 5.91 Å². The number of primary amides is 1. The van der Waals surface area contributed by atoms with Crippen LogP contribution in [0.4, 0.5) is 4.79 Å². The molecule has 0 spiro atoms. The van der Waals surface area contributed by atoms with Crippen LogP contribution in [0.25, 0.3) is 0 Å². The van der Waals surface area contributed by atoms with Gasteiger partial charge in [0.05, 0.1) is 25.6 Å². The lowest BCUT2D eigenvalue weighted by molar-refractivity contribution is -0.141. The maximum atomic E-state index is 13.1. The van der Waals surface area contributed by atoms with Crippen molar-refractivity contribution in [3.05, 3.63) is 65.2 Å². The number of benzene rings is 2. The topological polar surface area (TPSA) is 126 Å². The predicted octanol–water partition coefficient (Wildman–Crippen LogP) is 1.26. The Balaban J connectivity index is 1.62. The van der Waals surface area contributed by atoms with Crippen LogP contribution in [0.1, 0.15) is 35.2 Å². The molecule has 0 aliphatic carbocycles. The number of nitrogens with zero attached hydrogens (tertiary/aromatic N) is 2. The zero-order valence-electron chi connectivity index (χ0n) is 16.9. The average molecular weight is 427 g/mol. The van der Waals surface area contributed by atoms with E-state index in [2.05, 4.69) is 0 Å².